The molecule has 4 fully saturated rings. The minimum atomic E-state index is -0.951. The number of fused-ring (bicyclic) bond motifs is 1. The summed E-state index contributed by atoms with van der Waals surface area (Å²) in [6.07, 6.45) is 11.7. The second-order valence-corrected chi connectivity index (χ2v) is 10.6. The van der Waals surface area contributed by atoms with E-state index in [2.05, 4.69) is 14.5 Å². The van der Waals surface area contributed by atoms with Crippen LogP contribution in [0.2, 0.25) is 0 Å². The summed E-state index contributed by atoms with van der Waals surface area (Å²) in [5.41, 5.74) is 3.17. The molecule has 34 heavy (non-hydrogen) atoms. The third-order valence-corrected chi connectivity index (χ3v) is 8.67. The van der Waals surface area contributed by atoms with Crippen LogP contribution < -0.4 is 4.90 Å². The van der Waals surface area contributed by atoms with Gasteiger partial charge >= 0.3 is 5.97 Å². The average Bonchev–Trinajstić information content (AvgIpc) is 3.23. The number of anilines is 1. The number of carboxylic acid groups (broad SMARTS) is 1. The summed E-state index contributed by atoms with van der Waals surface area (Å²) in [7, 11) is 0. The van der Waals surface area contributed by atoms with Crippen molar-refractivity contribution in [2.75, 3.05) is 44.3 Å². The summed E-state index contributed by atoms with van der Waals surface area (Å²) >= 11 is 0. The molecule has 0 atom stereocenters. The summed E-state index contributed by atoms with van der Waals surface area (Å²) in [5.74, 6) is -0.470. The number of carboxylic acids is 1. The van der Waals surface area contributed by atoms with Gasteiger partial charge in [0.15, 0.2) is 11.3 Å². The number of aromatic carboxylic acids is 1. The maximum Gasteiger partial charge on any atom is 0.354 e. The molecule has 0 spiro atoms. The molecule has 6 rings (SSSR count). The SMILES string of the molecule is O=C(O)c1cc(N2CCC(N3CCOCC3)CC2)c2c(C3CCC3)nn(C3CCCCC3)c2n1. The Hall–Kier alpha value is -2.19. The van der Waals surface area contributed by atoms with Gasteiger partial charge in [0.25, 0.3) is 0 Å². The Kier molecular flexibility index (Phi) is 6.20. The van der Waals surface area contributed by atoms with Crippen LogP contribution in [0.15, 0.2) is 6.07 Å². The smallest absolute Gasteiger partial charge is 0.354 e. The zero-order valence-electron chi connectivity index (χ0n) is 20.1. The monoisotopic (exact) mass is 467 g/mol. The molecule has 2 saturated carbocycles. The van der Waals surface area contributed by atoms with Gasteiger partial charge in [0, 0.05) is 38.1 Å². The van der Waals surface area contributed by atoms with Crippen LogP contribution in [0.3, 0.4) is 0 Å². The molecule has 2 aliphatic heterocycles. The van der Waals surface area contributed by atoms with Crippen molar-refractivity contribution >= 4 is 22.7 Å². The van der Waals surface area contributed by atoms with Gasteiger partial charge in [-0.1, -0.05) is 25.7 Å². The summed E-state index contributed by atoms with van der Waals surface area (Å²) in [4.78, 5) is 21.8. The van der Waals surface area contributed by atoms with Crippen LogP contribution in [0.25, 0.3) is 11.0 Å². The first-order valence-corrected chi connectivity index (χ1v) is 13.4. The molecule has 1 N–H and O–H groups in total. The Morgan fingerprint density at radius 1 is 0.912 bits per heavy atom. The van der Waals surface area contributed by atoms with E-state index >= 15 is 0 Å². The van der Waals surface area contributed by atoms with Crippen molar-refractivity contribution in [2.45, 2.75) is 82.2 Å². The highest BCUT2D eigenvalue weighted by molar-refractivity contribution is 5.98. The van der Waals surface area contributed by atoms with Gasteiger partial charge in [-0.25, -0.2) is 14.5 Å². The van der Waals surface area contributed by atoms with Crippen LogP contribution in [-0.4, -0.2) is 76.2 Å². The first-order chi connectivity index (χ1) is 16.7. The lowest BCUT2D eigenvalue weighted by molar-refractivity contribution is 0.0115. The number of aromatic nitrogens is 3. The molecule has 2 saturated heterocycles. The van der Waals surface area contributed by atoms with Crippen molar-refractivity contribution in [3.63, 3.8) is 0 Å². The number of ether oxygens (including phenoxy) is 1. The molecular weight excluding hydrogens is 430 g/mol. The number of nitrogens with zero attached hydrogens (tertiary/aromatic N) is 5. The molecule has 184 valence electrons. The van der Waals surface area contributed by atoms with E-state index in [1.165, 1.54) is 44.2 Å². The van der Waals surface area contributed by atoms with Gasteiger partial charge in [0.1, 0.15) is 0 Å². The Morgan fingerprint density at radius 2 is 1.65 bits per heavy atom. The standard InChI is InChI=1S/C26H37N5O3/c32-26(33)21-17-22(30-11-9-19(10-12-30)29-13-15-34-16-14-29)23-24(18-5-4-6-18)28-31(25(23)27-21)20-7-2-1-3-8-20/h17-20H,1-16H2,(H,32,33). The molecule has 8 heteroatoms. The number of pyridine rings is 1. The summed E-state index contributed by atoms with van der Waals surface area (Å²) < 4.78 is 7.67. The predicted molar refractivity (Wildman–Crippen MR) is 131 cm³/mol. The van der Waals surface area contributed by atoms with Gasteiger partial charge in [0.2, 0.25) is 0 Å². The normalized spacial score (nSPS) is 23.9. The number of hydrogen-bond donors (Lipinski definition) is 1. The van der Waals surface area contributed by atoms with E-state index in [1.807, 2.05) is 6.07 Å². The van der Waals surface area contributed by atoms with Crippen molar-refractivity contribution in [3.8, 4) is 0 Å². The largest absolute Gasteiger partial charge is 0.477 e. The fourth-order valence-corrected chi connectivity index (χ4v) is 6.46. The maximum atomic E-state index is 12.1. The van der Waals surface area contributed by atoms with E-state index in [1.54, 1.807) is 0 Å². The molecule has 0 aromatic carbocycles. The first kappa shape index (κ1) is 22.3. The average molecular weight is 468 g/mol. The molecule has 4 aliphatic rings. The molecule has 0 bridgehead atoms. The number of morpholine rings is 1. The predicted octanol–water partition coefficient (Wildman–Crippen LogP) is 4.20. The van der Waals surface area contributed by atoms with Crippen LogP contribution in [0.5, 0.6) is 0 Å². The lowest BCUT2D eigenvalue weighted by Gasteiger charge is -2.41. The van der Waals surface area contributed by atoms with Gasteiger partial charge < -0.3 is 14.7 Å². The van der Waals surface area contributed by atoms with E-state index in [-0.39, 0.29) is 5.69 Å². The lowest BCUT2D eigenvalue weighted by atomic mass is 9.82. The van der Waals surface area contributed by atoms with Crippen LogP contribution in [0.1, 0.15) is 92.4 Å². The number of hydrogen-bond acceptors (Lipinski definition) is 6. The molecule has 0 radical (unpaired) electrons. The zero-order valence-corrected chi connectivity index (χ0v) is 20.1. The summed E-state index contributed by atoms with van der Waals surface area (Å²) in [5, 5.41) is 16.2. The number of rotatable bonds is 5. The Morgan fingerprint density at radius 3 is 2.29 bits per heavy atom. The fraction of sp³-hybridized carbons (Fsp3) is 0.731. The highest BCUT2D eigenvalue weighted by Crippen LogP contribution is 2.44. The van der Waals surface area contributed by atoms with Gasteiger partial charge in [-0.3, -0.25) is 4.90 Å². The second kappa shape index (κ2) is 9.46. The number of piperidine rings is 1. The third-order valence-electron chi connectivity index (χ3n) is 8.67. The highest BCUT2D eigenvalue weighted by Gasteiger charge is 2.33. The molecule has 0 unspecified atom stereocenters. The van der Waals surface area contributed by atoms with E-state index in [9.17, 15) is 9.90 Å². The minimum absolute atomic E-state index is 0.148. The number of carbonyl (C=O) groups is 1. The van der Waals surface area contributed by atoms with Crippen molar-refractivity contribution in [3.05, 3.63) is 17.5 Å². The van der Waals surface area contributed by atoms with Crippen molar-refractivity contribution in [1.82, 2.24) is 19.7 Å². The van der Waals surface area contributed by atoms with Gasteiger partial charge in [-0.2, -0.15) is 5.10 Å². The quantitative estimate of drug-likeness (QED) is 0.705. The topological polar surface area (TPSA) is 83.7 Å². The van der Waals surface area contributed by atoms with Gasteiger partial charge in [-0.15, -0.1) is 0 Å². The molecule has 0 amide bonds. The zero-order chi connectivity index (χ0) is 23.1. The van der Waals surface area contributed by atoms with Crippen LogP contribution in [0.4, 0.5) is 5.69 Å². The van der Waals surface area contributed by atoms with Crippen LogP contribution >= 0.6 is 0 Å². The van der Waals surface area contributed by atoms with Gasteiger partial charge in [-0.05, 0) is 44.6 Å². The Labute approximate surface area is 201 Å². The van der Waals surface area contributed by atoms with E-state index in [0.29, 0.717) is 18.0 Å². The minimum Gasteiger partial charge on any atom is -0.477 e. The molecular formula is C26H37N5O3. The van der Waals surface area contributed by atoms with Crippen molar-refractivity contribution < 1.29 is 14.6 Å². The van der Waals surface area contributed by atoms with Crippen molar-refractivity contribution in [2.24, 2.45) is 0 Å². The highest BCUT2D eigenvalue weighted by atomic mass is 16.5. The lowest BCUT2D eigenvalue weighted by Crippen LogP contribution is -2.49. The van der Waals surface area contributed by atoms with E-state index in [4.69, 9.17) is 14.8 Å². The van der Waals surface area contributed by atoms with E-state index < -0.39 is 5.97 Å². The van der Waals surface area contributed by atoms with Crippen LogP contribution in [-0.2, 0) is 4.74 Å². The molecule has 8 nitrogen and oxygen atoms in total. The molecule has 2 aliphatic carbocycles. The van der Waals surface area contributed by atoms with Crippen LogP contribution in [0, 0.1) is 0 Å². The fourth-order valence-electron chi connectivity index (χ4n) is 6.46. The third kappa shape index (κ3) is 4.09. The molecule has 2 aromatic heterocycles. The first-order valence-electron chi connectivity index (χ1n) is 13.4. The van der Waals surface area contributed by atoms with Crippen molar-refractivity contribution in [1.29, 1.82) is 0 Å². The Bertz CT molecular complexity index is 1030. The van der Waals surface area contributed by atoms with E-state index in [0.717, 1.165) is 81.8 Å². The maximum absolute atomic E-state index is 12.1. The molecule has 2 aromatic rings. The molecule has 4 heterocycles. The summed E-state index contributed by atoms with van der Waals surface area (Å²) in [6.45, 7) is 5.59. The second-order valence-electron chi connectivity index (χ2n) is 10.6. The Balaban J connectivity index is 1.38. The summed E-state index contributed by atoms with van der Waals surface area (Å²) in [6, 6.07) is 2.75. The van der Waals surface area contributed by atoms with Gasteiger partial charge in [0.05, 0.1) is 36.0 Å².